The fraction of sp³-hybridized carbons (Fsp3) is 0.429. The van der Waals surface area contributed by atoms with Gasteiger partial charge in [-0.15, -0.1) is 0 Å². The highest BCUT2D eigenvalue weighted by Crippen LogP contribution is 2.17. The minimum atomic E-state index is -0.154. The van der Waals surface area contributed by atoms with E-state index in [9.17, 15) is 4.79 Å². The standard InChI is InChI=1S/C14H19N5O/c1-9(7-12-10(2)18-19(4)11(12)3)14(20)17-13-8-15-5-6-16-13/h5-6,8-9H,7H2,1-4H3,(H,16,17,20). The first-order valence-electron chi connectivity index (χ1n) is 6.55. The predicted octanol–water partition coefficient (Wildman–Crippen LogP) is 1.64. The molecular formula is C14H19N5O. The van der Waals surface area contributed by atoms with Gasteiger partial charge in [-0.3, -0.25) is 14.5 Å². The quantitative estimate of drug-likeness (QED) is 0.919. The third kappa shape index (κ3) is 3.01. The zero-order valence-electron chi connectivity index (χ0n) is 12.2. The van der Waals surface area contributed by atoms with Gasteiger partial charge in [-0.05, 0) is 25.8 Å². The lowest BCUT2D eigenvalue weighted by Gasteiger charge is -2.11. The van der Waals surface area contributed by atoms with E-state index in [-0.39, 0.29) is 11.8 Å². The van der Waals surface area contributed by atoms with Crippen molar-refractivity contribution in [1.29, 1.82) is 0 Å². The van der Waals surface area contributed by atoms with Gasteiger partial charge in [0.1, 0.15) is 0 Å². The summed E-state index contributed by atoms with van der Waals surface area (Å²) in [5.74, 6) is 0.260. The molecule has 2 rings (SSSR count). The number of nitrogens with one attached hydrogen (secondary N) is 1. The molecule has 1 unspecified atom stereocenters. The van der Waals surface area contributed by atoms with E-state index in [4.69, 9.17) is 0 Å². The average Bonchev–Trinajstić information content (AvgIpc) is 2.66. The molecule has 0 aromatic carbocycles. The Bertz CT molecular complexity index is 606. The van der Waals surface area contributed by atoms with Crippen molar-refractivity contribution in [3.63, 3.8) is 0 Å². The lowest BCUT2D eigenvalue weighted by molar-refractivity contribution is -0.119. The van der Waals surface area contributed by atoms with Gasteiger partial charge in [-0.2, -0.15) is 5.10 Å². The fourth-order valence-electron chi connectivity index (χ4n) is 2.12. The Morgan fingerprint density at radius 3 is 2.70 bits per heavy atom. The topological polar surface area (TPSA) is 72.7 Å². The van der Waals surface area contributed by atoms with Gasteiger partial charge in [-0.25, -0.2) is 4.98 Å². The van der Waals surface area contributed by atoms with Gasteiger partial charge in [0.25, 0.3) is 0 Å². The summed E-state index contributed by atoms with van der Waals surface area (Å²) in [5, 5.41) is 7.14. The number of nitrogens with zero attached hydrogens (tertiary/aromatic N) is 4. The molecule has 1 amide bonds. The van der Waals surface area contributed by atoms with Crippen molar-refractivity contribution in [3.05, 3.63) is 35.5 Å². The van der Waals surface area contributed by atoms with E-state index in [0.29, 0.717) is 12.2 Å². The number of hydrogen-bond donors (Lipinski definition) is 1. The molecule has 0 aliphatic rings. The first-order chi connectivity index (χ1) is 9.49. The predicted molar refractivity (Wildman–Crippen MR) is 76.2 cm³/mol. The highest BCUT2D eigenvalue weighted by atomic mass is 16.1. The summed E-state index contributed by atoms with van der Waals surface area (Å²) < 4.78 is 1.85. The Hall–Kier alpha value is -2.24. The fourth-order valence-corrected chi connectivity index (χ4v) is 2.12. The molecule has 20 heavy (non-hydrogen) atoms. The number of anilines is 1. The molecule has 6 nitrogen and oxygen atoms in total. The molecule has 0 saturated heterocycles. The van der Waals surface area contributed by atoms with Crippen molar-refractivity contribution >= 4 is 11.7 Å². The Labute approximate surface area is 118 Å². The van der Waals surface area contributed by atoms with Gasteiger partial charge in [0.15, 0.2) is 5.82 Å². The molecule has 2 aromatic heterocycles. The summed E-state index contributed by atoms with van der Waals surface area (Å²) in [7, 11) is 1.91. The number of rotatable bonds is 4. The first-order valence-corrected chi connectivity index (χ1v) is 6.55. The SMILES string of the molecule is Cc1nn(C)c(C)c1CC(C)C(=O)Nc1cnccn1. The highest BCUT2D eigenvalue weighted by molar-refractivity contribution is 5.91. The van der Waals surface area contributed by atoms with Crippen LogP contribution in [0.3, 0.4) is 0 Å². The lowest BCUT2D eigenvalue weighted by Crippen LogP contribution is -2.23. The third-order valence-electron chi connectivity index (χ3n) is 3.43. The smallest absolute Gasteiger partial charge is 0.228 e. The summed E-state index contributed by atoms with van der Waals surface area (Å²) in [6.45, 7) is 5.88. The zero-order chi connectivity index (χ0) is 14.7. The normalized spacial score (nSPS) is 12.2. The number of aromatic nitrogens is 4. The van der Waals surface area contributed by atoms with Crippen LogP contribution >= 0.6 is 0 Å². The number of aryl methyl sites for hydroxylation is 2. The van der Waals surface area contributed by atoms with Crippen LogP contribution in [0.25, 0.3) is 0 Å². The summed E-state index contributed by atoms with van der Waals surface area (Å²) in [5.41, 5.74) is 3.21. The van der Waals surface area contributed by atoms with E-state index in [1.165, 1.54) is 6.20 Å². The van der Waals surface area contributed by atoms with Crippen LogP contribution in [-0.2, 0) is 18.3 Å². The average molecular weight is 273 g/mol. The molecule has 2 aromatic rings. The molecule has 1 N–H and O–H groups in total. The van der Waals surface area contributed by atoms with E-state index < -0.39 is 0 Å². The molecule has 0 radical (unpaired) electrons. The molecule has 0 spiro atoms. The first kappa shape index (κ1) is 14.2. The van der Waals surface area contributed by atoms with Gasteiger partial charge in [0.05, 0.1) is 11.9 Å². The van der Waals surface area contributed by atoms with E-state index in [1.54, 1.807) is 12.4 Å². The maximum Gasteiger partial charge on any atom is 0.228 e. The van der Waals surface area contributed by atoms with Crippen LogP contribution in [0.1, 0.15) is 23.9 Å². The molecular weight excluding hydrogens is 254 g/mol. The molecule has 6 heteroatoms. The Morgan fingerprint density at radius 1 is 1.40 bits per heavy atom. The Kier molecular flexibility index (Phi) is 4.12. The number of amides is 1. The number of carbonyl (C=O) groups excluding carboxylic acids is 1. The van der Waals surface area contributed by atoms with E-state index in [1.807, 2.05) is 32.5 Å². The maximum atomic E-state index is 12.1. The second-order valence-electron chi connectivity index (χ2n) is 4.96. The minimum absolute atomic E-state index is 0.0619. The van der Waals surface area contributed by atoms with Gasteiger partial charge in [0.2, 0.25) is 5.91 Å². The van der Waals surface area contributed by atoms with Crippen LogP contribution in [0, 0.1) is 19.8 Å². The largest absolute Gasteiger partial charge is 0.309 e. The van der Waals surface area contributed by atoms with Gasteiger partial charge >= 0.3 is 0 Å². The van der Waals surface area contributed by atoms with Crippen molar-refractivity contribution in [2.45, 2.75) is 27.2 Å². The minimum Gasteiger partial charge on any atom is -0.309 e. The van der Waals surface area contributed by atoms with E-state index in [2.05, 4.69) is 20.4 Å². The van der Waals surface area contributed by atoms with Crippen LogP contribution in [-0.4, -0.2) is 25.7 Å². The van der Waals surface area contributed by atoms with Crippen LogP contribution < -0.4 is 5.32 Å². The Balaban J connectivity index is 2.04. The van der Waals surface area contributed by atoms with Crippen molar-refractivity contribution in [3.8, 4) is 0 Å². The number of carbonyl (C=O) groups is 1. The summed E-state index contributed by atoms with van der Waals surface area (Å²) in [6.07, 6.45) is 5.32. The monoisotopic (exact) mass is 273 g/mol. The second kappa shape index (κ2) is 5.81. The van der Waals surface area contributed by atoms with Crippen LogP contribution in [0.15, 0.2) is 18.6 Å². The molecule has 0 aliphatic carbocycles. The van der Waals surface area contributed by atoms with Crippen molar-refractivity contribution in [2.24, 2.45) is 13.0 Å². The maximum absolute atomic E-state index is 12.1. The molecule has 0 fully saturated rings. The Morgan fingerprint density at radius 2 is 2.15 bits per heavy atom. The lowest BCUT2D eigenvalue weighted by atomic mass is 9.99. The van der Waals surface area contributed by atoms with Crippen molar-refractivity contribution < 1.29 is 4.79 Å². The third-order valence-corrected chi connectivity index (χ3v) is 3.43. The van der Waals surface area contributed by atoms with Crippen LogP contribution in [0.5, 0.6) is 0 Å². The van der Waals surface area contributed by atoms with Gasteiger partial charge in [0, 0.05) is 31.1 Å². The van der Waals surface area contributed by atoms with Crippen molar-refractivity contribution in [1.82, 2.24) is 19.7 Å². The molecule has 1 atom stereocenters. The summed E-state index contributed by atoms with van der Waals surface area (Å²) in [4.78, 5) is 20.1. The van der Waals surface area contributed by atoms with Gasteiger partial charge < -0.3 is 5.32 Å². The van der Waals surface area contributed by atoms with Crippen LogP contribution in [0.2, 0.25) is 0 Å². The summed E-state index contributed by atoms with van der Waals surface area (Å²) >= 11 is 0. The summed E-state index contributed by atoms with van der Waals surface area (Å²) in [6, 6.07) is 0. The highest BCUT2D eigenvalue weighted by Gasteiger charge is 2.18. The second-order valence-corrected chi connectivity index (χ2v) is 4.96. The van der Waals surface area contributed by atoms with Gasteiger partial charge in [-0.1, -0.05) is 6.92 Å². The molecule has 106 valence electrons. The molecule has 0 saturated carbocycles. The molecule has 0 bridgehead atoms. The molecule has 2 heterocycles. The van der Waals surface area contributed by atoms with Crippen LogP contribution in [0.4, 0.5) is 5.82 Å². The van der Waals surface area contributed by atoms with Crippen molar-refractivity contribution in [2.75, 3.05) is 5.32 Å². The molecule has 0 aliphatic heterocycles. The number of hydrogen-bond acceptors (Lipinski definition) is 4. The van der Waals surface area contributed by atoms with E-state index in [0.717, 1.165) is 17.0 Å². The van der Waals surface area contributed by atoms with E-state index >= 15 is 0 Å². The zero-order valence-corrected chi connectivity index (χ0v) is 12.2.